The van der Waals surface area contributed by atoms with Crippen LogP contribution >= 0.6 is 0 Å². The third-order valence-electron chi connectivity index (χ3n) is 2.42. The van der Waals surface area contributed by atoms with Crippen molar-refractivity contribution in [2.75, 3.05) is 6.61 Å². The van der Waals surface area contributed by atoms with Crippen LogP contribution in [0.1, 0.15) is 37.3 Å². The average Bonchev–Trinajstić information content (AvgIpc) is 2.18. The fourth-order valence-electron chi connectivity index (χ4n) is 1.48. The Bertz CT molecular complexity index is 314. The summed E-state index contributed by atoms with van der Waals surface area (Å²) in [4.78, 5) is 11.3. The Balaban J connectivity index is 2.57. The van der Waals surface area contributed by atoms with Crippen LogP contribution in [0.4, 0.5) is 0 Å². The van der Waals surface area contributed by atoms with Crippen LogP contribution in [-0.2, 0) is 9.53 Å². The van der Waals surface area contributed by atoms with Crippen molar-refractivity contribution >= 4 is 5.97 Å². The molecule has 1 atom stereocenters. The molecular weight excluding hydrogens is 188 g/mol. The van der Waals surface area contributed by atoms with E-state index in [9.17, 15) is 4.79 Å². The number of carbonyl (C=O) groups is 1. The Morgan fingerprint density at radius 2 is 1.93 bits per heavy atom. The van der Waals surface area contributed by atoms with Gasteiger partial charge in [-0.05, 0) is 25.3 Å². The second-order valence-electron chi connectivity index (χ2n) is 3.82. The molecule has 0 saturated heterocycles. The maximum atomic E-state index is 11.3. The number of hydrogen-bond acceptors (Lipinski definition) is 2. The maximum Gasteiger partial charge on any atom is 0.306 e. The molecule has 82 valence electrons. The summed E-state index contributed by atoms with van der Waals surface area (Å²) in [5.74, 6) is 0.107. The van der Waals surface area contributed by atoms with Crippen LogP contribution < -0.4 is 0 Å². The summed E-state index contributed by atoms with van der Waals surface area (Å²) in [5.41, 5.74) is 2.43. The molecule has 1 unspecified atom stereocenters. The van der Waals surface area contributed by atoms with Crippen molar-refractivity contribution < 1.29 is 9.53 Å². The first kappa shape index (κ1) is 11.8. The summed E-state index contributed by atoms with van der Waals surface area (Å²) in [5, 5.41) is 0. The Morgan fingerprint density at radius 3 is 2.47 bits per heavy atom. The molecule has 0 N–H and O–H groups in total. The lowest BCUT2D eigenvalue weighted by Crippen LogP contribution is -2.08. The highest BCUT2D eigenvalue weighted by atomic mass is 16.5. The van der Waals surface area contributed by atoms with E-state index in [1.807, 2.05) is 13.8 Å². The minimum atomic E-state index is -0.120. The number of hydrogen-bond donors (Lipinski definition) is 0. The summed E-state index contributed by atoms with van der Waals surface area (Å²) < 4.78 is 4.92. The molecule has 15 heavy (non-hydrogen) atoms. The van der Waals surface area contributed by atoms with Crippen molar-refractivity contribution in [3.8, 4) is 0 Å². The molecule has 0 bridgehead atoms. The van der Waals surface area contributed by atoms with Crippen LogP contribution in [0.5, 0.6) is 0 Å². The number of rotatable bonds is 4. The molecule has 0 aliphatic rings. The standard InChI is InChI=1S/C13H18O2/c1-4-15-13(14)9-11(3)12-7-5-10(2)6-8-12/h5-8,11H,4,9H2,1-3H3. The zero-order valence-corrected chi connectivity index (χ0v) is 9.62. The predicted octanol–water partition coefficient (Wildman–Crippen LogP) is 3.05. The zero-order valence-electron chi connectivity index (χ0n) is 9.62. The molecule has 2 heteroatoms. The van der Waals surface area contributed by atoms with Crippen LogP contribution in [0.2, 0.25) is 0 Å². The van der Waals surface area contributed by atoms with E-state index in [1.54, 1.807) is 0 Å². The van der Waals surface area contributed by atoms with Crippen molar-refractivity contribution in [1.82, 2.24) is 0 Å². The fraction of sp³-hybridized carbons (Fsp3) is 0.462. The largest absolute Gasteiger partial charge is 0.466 e. The van der Waals surface area contributed by atoms with Gasteiger partial charge in [-0.25, -0.2) is 0 Å². The maximum absolute atomic E-state index is 11.3. The lowest BCUT2D eigenvalue weighted by atomic mass is 9.97. The lowest BCUT2D eigenvalue weighted by molar-refractivity contribution is -0.143. The molecule has 1 aromatic rings. The molecule has 1 rings (SSSR count). The molecule has 2 nitrogen and oxygen atoms in total. The van der Waals surface area contributed by atoms with E-state index in [2.05, 4.69) is 31.2 Å². The molecule has 0 amide bonds. The number of esters is 1. The van der Waals surface area contributed by atoms with Gasteiger partial charge in [0.25, 0.3) is 0 Å². The summed E-state index contributed by atoms with van der Waals surface area (Å²) >= 11 is 0. The van der Waals surface area contributed by atoms with Gasteiger partial charge < -0.3 is 4.74 Å². The molecule has 0 saturated carbocycles. The minimum Gasteiger partial charge on any atom is -0.466 e. The van der Waals surface area contributed by atoms with Gasteiger partial charge in [-0.15, -0.1) is 0 Å². The highest BCUT2D eigenvalue weighted by Gasteiger charge is 2.11. The second kappa shape index (κ2) is 5.54. The third kappa shape index (κ3) is 3.74. The molecule has 0 aliphatic heterocycles. The summed E-state index contributed by atoms with van der Waals surface area (Å²) in [6.45, 7) is 6.38. The van der Waals surface area contributed by atoms with Crippen LogP contribution in [-0.4, -0.2) is 12.6 Å². The molecule has 0 fully saturated rings. The van der Waals surface area contributed by atoms with Crippen molar-refractivity contribution in [2.45, 2.75) is 33.1 Å². The number of benzene rings is 1. The van der Waals surface area contributed by atoms with E-state index in [0.29, 0.717) is 13.0 Å². The van der Waals surface area contributed by atoms with Gasteiger partial charge in [0, 0.05) is 0 Å². The molecule has 0 aromatic heterocycles. The highest BCUT2D eigenvalue weighted by Crippen LogP contribution is 2.19. The Kier molecular flexibility index (Phi) is 4.35. The van der Waals surface area contributed by atoms with E-state index in [4.69, 9.17) is 4.74 Å². The van der Waals surface area contributed by atoms with E-state index in [1.165, 1.54) is 11.1 Å². The second-order valence-corrected chi connectivity index (χ2v) is 3.82. The lowest BCUT2D eigenvalue weighted by Gasteiger charge is -2.11. The first-order chi connectivity index (χ1) is 7.13. The molecule has 0 heterocycles. The summed E-state index contributed by atoms with van der Waals surface area (Å²) in [7, 11) is 0. The van der Waals surface area contributed by atoms with E-state index in [0.717, 1.165) is 0 Å². The minimum absolute atomic E-state index is 0.120. The normalized spacial score (nSPS) is 12.2. The van der Waals surface area contributed by atoms with Crippen molar-refractivity contribution in [1.29, 1.82) is 0 Å². The van der Waals surface area contributed by atoms with Crippen LogP contribution in [0.3, 0.4) is 0 Å². The predicted molar refractivity (Wildman–Crippen MR) is 60.8 cm³/mol. The molecule has 0 radical (unpaired) electrons. The van der Waals surface area contributed by atoms with Crippen molar-refractivity contribution in [3.63, 3.8) is 0 Å². The van der Waals surface area contributed by atoms with E-state index < -0.39 is 0 Å². The van der Waals surface area contributed by atoms with Crippen molar-refractivity contribution in [3.05, 3.63) is 35.4 Å². The first-order valence-corrected chi connectivity index (χ1v) is 5.35. The summed E-state index contributed by atoms with van der Waals surface area (Å²) in [6.07, 6.45) is 0.455. The quantitative estimate of drug-likeness (QED) is 0.708. The van der Waals surface area contributed by atoms with Gasteiger partial charge in [0.05, 0.1) is 13.0 Å². The topological polar surface area (TPSA) is 26.3 Å². The Hall–Kier alpha value is -1.31. The number of ether oxygens (including phenoxy) is 1. The van der Waals surface area contributed by atoms with Gasteiger partial charge in [0.1, 0.15) is 0 Å². The fourth-order valence-corrected chi connectivity index (χ4v) is 1.48. The smallest absolute Gasteiger partial charge is 0.306 e. The van der Waals surface area contributed by atoms with E-state index in [-0.39, 0.29) is 11.9 Å². The van der Waals surface area contributed by atoms with Crippen LogP contribution in [0, 0.1) is 6.92 Å². The molecule has 1 aromatic carbocycles. The first-order valence-electron chi connectivity index (χ1n) is 5.35. The van der Waals surface area contributed by atoms with Gasteiger partial charge in [0.15, 0.2) is 0 Å². The number of aryl methyl sites for hydroxylation is 1. The van der Waals surface area contributed by atoms with Crippen molar-refractivity contribution in [2.24, 2.45) is 0 Å². The number of carbonyl (C=O) groups excluding carboxylic acids is 1. The zero-order chi connectivity index (χ0) is 11.3. The molecule has 0 aliphatic carbocycles. The van der Waals surface area contributed by atoms with Gasteiger partial charge in [-0.2, -0.15) is 0 Å². The monoisotopic (exact) mass is 206 g/mol. The Morgan fingerprint density at radius 1 is 1.33 bits per heavy atom. The highest BCUT2D eigenvalue weighted by molar-refractivity contribution is 5.70. The summed E-state index contributed by atoms with van der Waals surface area (Å²) in [6, 6.07) is 8.27. The average molecular weight is 206 g/mol. The molecular formula is C13H18O2. The van der Waals surface area contributed by atoms with Gasteiger partial charge in [0.2, 0.25) is 0 Å². The van der Waals surface area contributed by atoms with Gasteiger partial charge >= 0.3 is 5.97 Å². The van der Waals surface area contributed by atoms with Crippen LogP contribution in [0.25, 0.3) is 0 Å². The van der Waals surface area contributed by atoms with Gasteiger partial charge in [-0.1, -0.05) is 36.8 Å². The Labute approximate surface area is 91.3 Å². The SMILES string of the molecule is CCOC(=O)CC(C)c1ccc(C)cc1. The molecule has 0 spiro atoms. The third-order valence-corrected chi connectivity index (χ3v) is 2.42. The van der Waals surface area contributed by atoms with E-state index >= 15 is 0 Å². The van der Waals surface area contributed by atoms with Crippen LogP contribution in [0.15, 0.2) is 24.3 Å². The van der Waals surface area contributed by atoms with Gasteiger partial charge in [-0.3, -0.25) is 4.79 Å².